The van der Waals surface area contributed by atoms with Gasteiger partial charge in [0.15, 0.2) is 0 Å². The number of halogens is 2. The SMILES string of the molecule is Cc1cc(C(C)NC(=O)c2ccc(Cl)c(Br)c2)c(C)s1. The fraction of sp³-hybridized carbons (Fsp3) is 0.267. The molecule has 0 saturated heterocycles. The maximum Gasteiger partial charge on any atom is 0.251 e. The summed E-state index contributed by atoms with van der Waals surface area (Å²) in [6.07, 6.45) is 0. The molecule has 1 unspecified atom stereocenters. The van der Waals surface area contributed by atoms with Crippen molar-refractivity contribution in [2.24, 2.45) is 0 Å². The quantitative estimate of drug-likeness (QED) is 0.781. The van der Waals surface area contributed by atoms with Gasteiger partial charge in [-0.25, -0.2) is 0 Å². The maximum atomic E-state index is 12.2. The summed E-state index contributed by atoms with van der Waals surface area (Å²) in [7, 11) is 0. The Kier molecular flexibility index (Phi) is 4.89. The van der Waals surface area contributed by atoms with Gasteiger partial charge in [0.05, 0.1) is 11.1 Å². The van der Waals surface area contributed by atoms with E-state index in [4.69, 9.17) is 11.6 Å². The first-order chi connectivity index (χ1) is 9.38. The third kappa shape index (κ3) is 3.43. The van der Waals surface area contributed by atoms with Crippen LogP contribution in [0.1, 0.15) is 38.6 Å². The van der Waals surface area contributed by atoms with Gasteiger partial charge in [0.1, 0.15) is 0 Å². The van der Waals surface area contributed by atoms with Gasteiger partial charge in [-0.05, 0) is 66.5 Å². The molecule has 0 radical (unpaired) electrons. The van der Waals surface area contributed by atoms with Crippen LogP contribution in [0.3, 0.4) is 0 Å². The van der Waals surface area contributed by atoms with Gasteiger partial charge in [-0.15, -0.1) is 11.3 Å². The van der Waals surface area contributed by atoms with Gasteiger partial charge < -0.3 is 5.32 Å². The zero-order valence-electron chi connectivity index (χ0n) is 11.5. The number of thiophene rings is 1. The molecule has 0 spiro atoms. The van der Waals surface area contributed by atoms with Crippen LogP contribution in [0.5, 0.6) is 0 Å². The minimum absolute atomic E-state index is 0.0121. The predicted octanol–water partition coefficient (Wildman–Crippen LogP) is 5.27. The van der Waals surface area contributed by atoms with Gasteiger partial charge in [0.25, 0.3) is 5.91 Å². The zero-order valence-corrected chi connectivity index (χ0v) is 14.6. The predicted molar refractivity (Wildman–Crippen MR) is 88.8 cm³/mol. The van der Waals surface area contributed by atoms with Crippen molar-refractivity contribution < 1.29 is 4.79 Å². The van der Waals surface area contributed by atoms with Gasteiger partial charge in [0.2, 0.25) is 0 Å². The van der Waals surface area contributed by atoms with E-state index >= 15 is 0 Å². The van der Waals surface area contributed by atoms with Crippen molar-refractivity contribution in [3.63, 3.8) is 0 Å². The standard InChI is InChI=1S/C15H15BrClNOS/c1-8-6-12(10(3)20-8)9(2)18-15(19)11-4-5-14(17)13(16)7-11/h4-7,9H,1-3H3,(H,18,19). The van der Waals surface area contributed by atoms with Crippen LogP contribution >= 0.6 is 38.9 Å². The molecule has 0 fully saturated rings. The number of carbonyl (C=O) groups is 1. The second kappa shape index (κ2) is 6.29. The molecular formula is C15H15BrClNOS. The Morgan fingerprint density at radius 1 is 1.35 bits per heavy atom. The molecule has 1 aromatic heterocycles. The Hall–Kier alpha value is -0.840. The first-order valence-electron chi connectivity index (χ1n) is 6.21. The lowest BCUT2D eigenvalue weighted by atomic mass is 10.1. The smallest absolute Gasteiger partial charge is 0.251 e. The third-order valence-corrected chi connectivity index (χ3v) is 5.27. The number of hydrogen-bond donors (Lipinski definition) is 1. The van der Waals surface area contributed by atoms with Crippen molar-refractivity contribution in [1.29, 1.82) is 0 Å². The summed E-state index contributed by atoms with van der Waals surface area (Å²) >= 11 is 11.0. The molecule has 2 aromatic rings. The molecule has 0 aliphatic carbocycles. The monoisotopic (exact) mass is 371 g/mol. The van der Waals surface area contributed by atoms with E-state index in [1.54, 1.807) is 29.5 Å². The number of hydrogen-bond acceptors (Lipinski definition) is 2. The Morgan fingerprint density at radius 3 is 2.60 bits per heavy atom. The van der Waals surface area contributed by atoms with Crippen molar-refractivity contribution >= 4 is 44.8 Å². The highest BCUT2D eigenvalue weighted by atomic mass is 79.9. The number of aryl methyl sites for hydroxylation is 2. The number of nitrogens with one attached hydrogen (secondary N) is 1. The van der Waals surface area contributed by atoms with E-state index in [1.807, 2.05) is 6.92 Å². The van der Waals surface area contributed by atoms with Crippen LogP contribution in [0.15, 0.2) is 28.7 Å². The van der Waals surface area contributed by atoms with Crippen molar-refractivity contribution in [2.75, 3.05) is 0 Å². The second-order valence-electron chi connectivity index (χ2n) is 4.69. The molecule has 0 saturated carbocycles. The Balaban J connectivity index is 2.15. The minimum Gasteiger partial charge on any atom is -0.345 e. The lowest BCUT2D eigenvalue weighted by Gasteiger charge is -2.14. The molecule has 1 aromatic carbocycles. The Bertz CT molecular complexity index is 653. The lowest BCUT2D eigenvalue weighted by molar-refractivity contribution is 0.0940. The number of rotatable bonds is 3. The molecule has 1 atom stereocenters. The Labute approximate surface area is 136 Å². The number of amides is 1. The molecule has 1 amide bonds. The van der Waals surface area contributed by atoms with E-state index in [2.05, 4.69) is 41.2 Å². The highest BCUT2D eigenvalue weighted by molar-refractivity contribution is 9.10. The van der Waals surface area contributed by atoms with Gasteiger partial charge >= 0.3 is 0 Å². The van der Waals surface area contributed by atoms with Gasteiger partial charge in [-0.1, -0.05) is 11.6 Å². The van der Waals surface area contributed by atoms with Crippen LogP contribution in [0.2, 0.25) is 5.02 Å². The average Bonchev–Trinajstić information content (AvgIpc) is 2.71. The zero-order chi connectivity index (χ0) is 14.9. The van der Waals surface area contributed by atoms with Crippen molar-refractivity contribution in [2.45, 2.75) is 26.8 Å². The Morgan fingerprint density at radius 2 is 2.05 bits per heavy atom. The molecule has 1 N–H and O–H groups in total. The summed E-state index contributed by atoms with van der Waals surface area (Å²) in [5.74, 6) is -0.0990. The third-order valence-electron chi connectivity index (χ3n) is 3.08. The van der Waals surface area contributed by atoms with Crippen LogP contribution in [0.4, 0.5) is 0 Å². The minimum atomic E-state index is -0.0990. The van der Waals surface area contributed by atoms with Gasteiger partial charge in [0, 0.05) is 19.8 Å². The second-order valence-corrected chi connectivity index (χ2v) is 7.41. The maximum absolute atomic E-state index is 12.2. The van der Waals surface area contributed by atoms with Gasteiger partial charge in [-0.3, -0.25) is 4.79 Å². The van der Waals surface area contributed by atoms with E-state index < -0.39 is 0 Å². The van der Waals surface area contributed by atoms with Crippen LogP contribution < -0.4 is 5.32 Å². The molecule has 20 heavy (non-hydrogen) atoms. The first-order valence-corrected chi connectivity index (χ1v) is 8.20. The highest BCUT2D eigenvalue weighted by Gasteiger charge is 2.15. The summed E-state index contributed by atoms with van der Waals surface area (Å²) < 4.78 is 0.724. The van der Waals surface area contributed by atoms with Crippen LogP contribution in [0.25, 0.3) is 0 Å². The molecular weight excluding hydrogens is 358 g/mol. The lowest BCUT2D eigenvalue weighted by Crippen LogP contribution is -2.26. The summed E-state index contributed by atoms with van der Waals surface area (Å²) in [6, 6.07) is 7.28. The summed E-state index contributed by atoms with van der Waals surface area (Å²) in [5, 5.41) is 3.61. The average molecular weight is 373 g/mol. The molecule has 106 valence electrons. The van der Waals surface area contributed by atoms with E-state index in [0.717, 1.165) is 4.47 Å². The van der Waals surface area contributed by atoms with E-state index in [0.29, 0.717) is 10.6 Å². The van der Waals surface area contributed by atoms with Crippen LogP contribution in [0, 0.1) is 13.8 Å². The molecule has 5 heteroatoms. The first kappa shape index (κ1) is 15.5. The van der Waals surface area contributed by atoms with Gasteiger partial charge in [-0.2, -0.15) is 0 Å². The summed E-state index contributed by atoms with van der Waals surface area (Å²) in [6.45, 7) is 6.15. The number of benzene rings is 1. The highest BCUT2D eigenvalue weighted by Crippen LogP contribution is 2.27. The molecule has 0 bridgehead atoms. The van der Waals surface area contributed by atoms with E-state index in [-0.39, 0.29) is 11.9 Å². The summed E-state index contributed by atoms with van der Waals surface area (Å²) in [4.78, 5) is 14.7. The van der Waals surface area contributed by atoms with Crippen molar-refractivity contribution in [1.82, 2.24) is 5.32 Å². The fourth-order valence-electron chi connectivity index (χ4n) is 2.08. The van der Waals surface area contributed by atoms with E-state index in [9.17, 15) is 4.79 Å². The normalized spacial score (nSPS) is 12.2. The van der Waals surface area contributed by atoms with Crippen molar-refractivity contribution in [3.8, 4) is 0 Å². The largest absolute Gasteiger partial charge is 0.345 e. The molecule has 2 rings (SSSR count). The molecule has 1 heterocycles. The van der Waals surface area contributed by atoms with Crippen LogP contribution in [-0.4, -0.2) is 5.91 Å². The fourth-order valence-corrected chi connectivity index (χ4v) is 3.59. The summed E-state index contributed by atoms with van der Waals surface area (Å²) in [5.41, 5.74) is 1.77. The topological polar surface area (TPSA) is 29.1 Å². The molecule has 2 nitrogen and oxygen atoms in total. The number of carbonyl (C=O) groups excluding carboxylic acids is 1. The van der Waals surface area contributed by atoms with Crippen molar-refractivity contribution in [3.05, 3.63) is 54.6 Å². The van der Waals surface area contributed by atoms with E-state index in [1.165, 1.54) is 15.3 Å². The van der Waals surface area contributed by atoms with Crippen LogP contribution in [-0.2, 0) is 0 Å². The molecule has 0 aliphatic heterocycles. The molecule has 0 aliphatic rings.